The van der Waals surface area contributed by atoms with Crippen LogP contribution in [0.3, 0.4) is 0 Å². The highest BCUT2D eigenvalue weighted by atomic mass is 32.2. The number of primary amides is 1. The maximum atomic E-state index is 12.9. The Bertz CT molecular complexity index is 950. The number of rotatable bonds is 9. The number of hydrogen-bond donors (Lipinski definition) is 3. The van der Waals surface area contributed by atoms with Gasteiger partial charge in [-0.15, -0.1) is 11.8 Å². The second-order valence-electron chi connectivity index (χ2n) is 6.52. The van der Waals surface area contributed by atoms with Crippen molar-refractivity contribution < 1.29 is 28.3 Å². The molecule has 2 unspecified atom stereocenters. The molecule has 164 valence electrons. The van der Waals surface area contributed by atoms with Crippen molar-refractivity contribution in [2.75, 3.05) is 16.4 Å². The van der Waals surface area contributed by atoms with Crippen LogP contribution in [0, 0.1) is 5.82 Å². The van der Waals surface area contributed by atoms with Gasteiger partial charge in [0.1, 0.15) is 11.1 Å². The number of nitrogens with two attached hydrogens (primary N) is 1. The van der Waals surface area contributed by atoms with Gasteiger partial charge in [-0.25, -0.2) is 4.39 Å². The van der Waals surface area contributed by atoms with Crippen LogP contribution in [0.2, 0.25) is 0 Å². The molecule has 0 aromatic heterocycles. The van der Waals surface area contributed by atoms with Crippen LogP contribution in [0.1, 0.15) is 24.2 Å². The minimum absolute atomic E-state index is 0.0273. The summed E-state index contributed by atoms with van der Waals surface area (Å²) in [5.74, 6) is -2.58. The molecular weight excluding hydrogens is 425 g/mol. The number of ether oxygens (including phenoxy) is 1. The summed E-state index contributed by atoms with van der Waals surface area (Å²) < 4.78 is 18.0. The van der Waals surface area contributed by atoms with E-state index in [1.165, 1.54) is 55.5 Å². The molecule has 10 heteroatoms. The monoisotopic (exact) mass is 447 g/mol. The van der Waals surface area contributed by atoms with Gasteiger partial charge in [0.25, 0.3) is 5.91 Å². The summed E-state index contributed by atoms with van der Waals surface area (Å²) in [6, 6.07) is 11.2. The fourth-order valence-electron chi connectivity index (χ4n) is 2.28. The van der Waals surface area contributed by atoms with Crippen molar-refractivity contribution in [3.8, 4) is 0 Å². The molecule has 2 aromatic carbocycles. The van der Waals surface area contributed by atoms with E-state index in [1.54, 1.807) is 6.92 Å². The highest BCUT2D eigenvalue weighted by molar-refractivity contribution is 8.01. The molecule has 0 fully saturated rings. The molecule has 0 heterocycles. The predicted octanol–water partition coefficient (Wildman–Crippen LogP) is 2.56. The molecule has 8 nitrogen and oxygen atoms in total. The summed E-state index contributed by atoms with van der Waals surface area (Å²) in [6.45, 7) is 2.98. The number of esters is 1. The number of carbonyl (C=O) groups is 4. The third kappa shape index (κ3) is 7.74. The molecule has 4 N–H and O–H groups in total. The zero-order valence-electron chi connectivity index (χ0n) is 16.9. The largest absolute Gasteiger partial charge is 0.452 e. The van der Waals surface area contributed by atoms with E-state index in [2.05, 4.69) is 10.6 Å². The summed E-state index contributed by atoms with van der Waals surface area (Å²) in [5, 5.41) is 4.47. The lowest BCUT2D eigenvalue weighted by Gasteiger charge is -2.16. The molecule has 2 atom stereocenters. The van der Waals surface area contributed by atoms with Crippen molar-refractivity contribution in [2.24, 2.45) is 5.73 Å². The highest BCUT2D eigenvalue weighted by Gasteiger charge is 2.23. The van der Waals surface area contributed by atoms with Crippen molar-refractivity contribution in [3.63, 3.8) is 0 Å². The number of nitrogens with one attached hydrogen (secondary N) is 2. The first-order chi connectivity index (χ1) is 14.7. The average molecular weight is 447 g/mol. The molecule has 0 saturated carbocycles. The third-order valence-electron chi connectivity index (χ3n) is 4.02. The van der Waals surface area contributed by atoms with Crippen molar-refractivity contribution >= 4 is 46.8 Å². The number of thioether (sulfide) groups is 1. The zero-order valence-corrected chi connectivity index (χ0v) is 17.7. The van der Waals surface area contributed by atoms with Gasteiger partial charge in [-0.05, 0) is 62.4 Å². The van der Waals surface area contributed by atoms with Gasteiger partial charge in [0.15, 0.2) is 6.10 Å². The Balaban J connectivity index is 1.77. The van der Waals surface area contributed by atoms with Crippen LogP contribution in [0.25, 0.3) is 0 Å². The molecule has 0 saturated heterocycles. The SMILES string of the molecule is CC(OC(=O)C(C)SCC(=O)Nc1ccc(F)cc1)C(=O)Nc1ccc(C(N)=O)cc1. The van der Waals surface area contributed by atoms with Crippen LogP contribution in [-0.4, -0.2) is 40.8 Å². The normalized spacial score (nSPS) is 12.4. The van der Waals surface area contributed by atoms with E-state index < -0.39 is 35.0 Å². The van der Waals surface area contributed by atoms with Gasteiger partial charge < -0.3 is 21.1 Å². The Morgan fingerprint density at radius 3 is 2.10 bits per heavy atom. The molecule has 31 heavy (non-hydrogen) atoms. The molecule has 0 aliphatic rings. The van der Waals surface area contributed by atoms with E-state index in [9.17, 15) is 23.6 Å². The molecule has 0 aliphatic carbocycles. The minimum Gasteiger partial charge on any atom is -0.452 e. The van der Waals surface area contributed by atoms with Crippen LogP contribution < -0.4 is 16.4 Å². The van der Waals surface area contributed by atoms with Gasteiger partial charge in [-0.2, -0.15) is 0 Å². The van der Waals surface area contributed by atoms with Gasteiger partial charge in [0.2, 0.25) is 11.8 Å². The first-order valence-electron chi connectivity index (χ1n) is 9.24. The lowest BCUT2D eigenvalue weighted by atomic mass is 10.2. The van der Waals surface area contributed by atoms with Gasteiger partial charge >= 0.3 is 5.97 Å². The number of carbonyl (C=O) groups excluding carboxylic acids is 4. The van der Waals surface area contributed by atoms with E-state index >= 15 is 0 Å². The lowest BCUT2D eigenvalue weighted by molar-refractivity contribution is -0.152. The fraction of sp³-hybridized carbons (Fsp3) is 0.238. The van der Waals surface area contributed by atoms with Crippen molar-refractivity contribution in [2.45, 2.75) is 25.2 Å². The maximum Gasteiger partial charge on any atom is 0.319 e. The van der Waals surface area contributed by atoms with Crippen LogP contribution in [0.15, 0.2) is 48.5 Å². The van der Waals surface area contributed by atoms with Crippen LogP contribution in [0.4, 0.5) is 15.8 Å². The first kappa shape index (κ1) is 23.9. The topological polar surface area (TPSA) is 128 Å². The average Bonchev–Trinajstić information content (AvgIpc) is 2.73. The Kier molecular flexibility index (Phi) is 8.56. The Morgan fingerprint density at radius 1 is 0.968 bits per heavy atom. The summed E-state index contributed by atoms with van der Waals surface area (Å²) in [5.41, 5.74) is 6.31. The predicted molar refractivity (Wildman–Crippen MR) is 116 cm³/mol. The van der Waals surface area contributed by atoms with Gasteiger partial charge in [-0.1, -0.05) is 0 Å². The van der Waals surface area contributed by atoms with Crippen molar-refractivity contribution in [1.29, 1.82) is 0 Å². The first-order valence-corrected chi connectivity index (χ1v) is 10.3. The van der Waals surface area contributed by atoms with E-state index in [4.69, 9.17) is 10.5 Å². The van der Waals surface area contributed by atoms with E-state index in [0.29, 0.717) is 16.9 Å². The van der Waals surface area contributed by atoms with Crippen molar-refractivity contribution in [3.05, 3.63) is 59.9 Å². The zero-order chi connectivity index (χ0) is 23.0. The molecule has 3 amide bonds. The molecular formula is C21H22FN3O5S. The smallest absolute Gasteiger partial charge is 0.319 e. The van der Waals surface area contributed by atoms with Gasteiger partial charge in [0, 0.05) is 16.9 Å². The van der Waals surface area contributed by atoms with Crippen molar-refractivity contribution in [1.82, 2.24) is 0 Å². The van der Waals surface area contributed by atoms with Crippen LogP contribution >= 0.6 is 11.8 Å². The number of anilines is 2. The van der Waals surface area contributed by atoms with Crippen LogP contribution in [-0.2, 0) is 19.1 Å². The summed E-state index contributed by atoms with van der Waals surface area (Å²) in [4.78, 5) is 47.4. The molecule has 0 radical (unpaired) electrons. The Labute approximate surface area is 182 Å². The molecule has 0 spiro atoms. The van der Waals surface area contributed by atoms with E-state index in [-0.39, 0.29) is 11.7 Å². The minimum atomic E-state index is -1.07. The lowest BCUT2D eigenvalue weighted by Crippen LogP contribution is -2.33. The maximum absolute atomic E-state index is 12.9. The summed E-state index contributed by atoms with van der Waals surface area (Å²) in [7, 11) is 0. The quantitative estimate of drug-likeness (QED) is 0.507. The molecule has 0 bridgehead atoms. The molecule has 0 aliphatic heterocycles. The number of hydrogen-bond acceptors (Lipinski definition) is 6. The second kappa shape index (κ2) is 11.1. The number of halogens is 1. The van der Waals surface area contributed by atoms with Gasteiger partial charge in [0.05, 0.1) is 5.75 Å². The standard InChI is InChI=1S/C21H22FN3O5S/c1-12(20(28)25-17-7-3-14(4-8-17)19(23)27)30-21(29)13(2)31-11-18(26)24-16-9-5-15(22)6-10-16/h3-10,12-13H,11H2,1-2H3,(H2,23,27)(H,24,26)(H,25,28). The highest BCUT2D eigenvalue weighted by Crippen LogP contribution is 2.16. The van der Waals surface area contributed by atoms with Crippen LogP contribution in [0.5, 0.6) is 0 Å². The molecule has 2 aromatic rings. The summed E-state index contributed by atoms with van der Waals surface area (Å²) >= 11 is 1.04. The summed E-state index contributed by atoms with van der Waals surface area (Å²) in [6.07, 6.45) is -1.07. The fourth-order valence-corrected chi connectivity index (χ4v) is 2.95. The van der Waals surface area contributed by atoms with E-state index in [0.717, 1.165) is 11.8 Å². The number of benzene rings is 2. The number of amides is 3. The molecule has 2 rings (SSSR count). The Hall–Kier alpha value is -3.40. The Morgan fingerprint density at radius 2 is 1.52 bits per heavy atom. The third-order valence-corrected chi connectivity index (χ3v) is 5.14. The van der Waals surface area contributed by atoms with E-state index in [1.807, 2.05) is 0 Å². The second-order valence-corrected chi connectivity index (χ2v) is 7.85. The van der Waals surface area contributed by atoms with Gasteiger partial charge in [-0.3, -0.25) is 19.2 Å².